The van der Waals surface area contributed by atoms with E-state index >= 15 is 0 Å². The van der Waals surface area contributed by atoms with E-state index in [0.717, 1.165) is 21.3 Å². The molecule has 0 aliphatic heterocycles. The molecule has 4 aromatic rings. The lowest BCUT2D eigenvalue weighted by Gasteiger charge is -2.20. The second-order valence-electron chi connectivity index (χ2n) is 6.20. The first kappa shape index (κ1) is 17.4. The molecule has 1 amide bonds. The highest BCUT2D eigenvalue weighted by Gasteiger charge is 2.24. The van der Waals surface area contributed by atoms with Crippen molar-refractivity contribution < 1.29 is 4.79 Å². The Morgan fingerprint density at radius 3 is 2.81 bits per heavy atom. The fourth-order valence-corrected chi connectivity index (χ4v) is 4.04. The van der Waals surface area contributed by atoms with Crippen molar-refractivity contribution in [2.45, 2.75) is 26.9 Å². The van der Waals surface area contributed by atoms with Gasteiger partial charge in [-0.3, -0.25) is 19.4 Å². The van der Waals surface area contributed by atoms with Gasteiger partial charge in [-0.15, -0.1) is 0 Å². The van der Waals surface area contributed by atoms with E-state index in [2.05, 4.69) is 10.1 Å². The van der Waals surface area contributed by atoms with Crippen molar-refractivity contribution in [2.75, 3.05) is 4.90 Å². The van der Waals surface area contributed by atoms with E-state index in [1.54, 1.807) is 34.2 Å². The Morgan fingerprint density at radius 2 is 2.07 bits per heavy atom. The summed E-state index contributed by atoms with van der Waals surface area (Å²) in [5.74, 6) is -0.116. The molecular formula is C20H19N5OS. The van der Waals surface area contributed by atoms with Crippen LogP contribution in [0, 0.1) is 6.92 Å². The standard InChI is InChI=1S/C20H19N5OS/c1-3-25-16(9-11-22-25)19(26)24(13-15-7-5-10-21-12-15)20-23-18-14(2)6-4-8-17(18)27-20/h4-12H,3,13H2,1-2H3. The number of hydrogen-bond acceptors (Lipinski definition) is 5. The number of rotatable bonds is 5. The van der Waals surface area contributed by atoms with Gasteiger partial charge in [0.2, 0.25) is 0 Å². The number of aromatic nitrogens is 4. The molecule has 3 heterocycles. The van der Waals surface area contributed by atoms with Gasteiger partial charge < -0.3 is 0 Å². The number of benzene rings is 1. The number of anilines is 1. The minimum Gasteiger partial charge on any atom is -0.278 e. The lowest BCUT2D eigenvalue weighted by molar-refractivity contribution is 0.0975. The van der Waals surface area contributed by atoms with Gasteiger partial charge in [0.1, 0.15) is 5.69 Å². The maximum atomic E-state index is 13.4. The minimum absolute atomic E-state index is 0.116. The van der Waals surface area contributed by atoms with Gasteiger partial charge >= 0.3 is 0 Å². The summed E-state index contributed by atoms with van der Waals surface area (Å²) in [7, 11) is 0. The average molecular weight is 377 g/mol. The number of nitrogens with zero attached hydrogens (tertiary/aromatic N) is 5. The molecule has 27 heavy (non-hydrogen) atoms. The Balaban J connectivity index is 1.79. The minimum atomic E-state index is -0.116. The van der Waals surface area contributed by atoms with Crippen LogP contribution in [-0.4, -0.2) is 25.7 Å². The third-order valence-electron chi connectivity index (χ3n) is 4.38. The number of para-hydroxylation sites is 1. The fraction of sp³-hybridized carbons (Fsp3) is 0.200. The molecule has 0 saturated carbocycles. The molecule has 4 rings (SSSR count). The smallest absolute Gasteiger partial charge is 0.278 e. The van der Waals surface area contributed by atoms with Crippen LogP contribution in [-0.2, 0) is 13.1 Å². The molecule has 6 nitrogen and oxygen atoms in total. The molecule has 0 aliphatic rings. The first-order valence-corrected chi connectivity index (χ1v) is 9.57. The van der Waals surface area contributed by atoms with Gasteiger partial charge in [-0.25, -0.2) is 4.98 Å². The Hall–Kier alpha value is -3.06. The normalized spacial score (nSPS) is 11.0. The lowest BCUT2D eigenvalue weighted by atomic mass is 10.2. The average Bonchev–Trinajstić information content (AvgIpc) is 3.34. The van der Waals surface area contributed by atoms with Crippen LogP contribution in [0.3, 0.4) is 0 Å². The predicted molar refractivity (Wildman–Crippen MR) is 107 cm³/mol. The van der Waals surface area contributed by atoms with E-state index < -0.39 is 0 Å². The summed E-state index contributed by atoms with van der Waals surface area (Å²) in [6.07, 6.45) is 5.15. The molecule has 136 valence electrons. The summed E-state index contributed by atoms with van der Waals surface area (Å²) in [6.45, 7) is 5.04. The Bertz CT molecular complexity index is 1090. The summed E-state index contributed by atoms with van der Waals surface area (Å²) < 4.78 is 2.77. The van der Waals surface area contributed by atoms with E-state index in [9.17, 15) is 4.79 Å². The van der Waals surface area contributed by atoms with Gasteiger partial charge in [0, 0.05) is 25.1 Å². The molecule has 0 N–H and O–H groups in total. The van der Waals surface area contributed by atoms with Crippen molar-refractivity contribution >= 4 is 32.6 Å². The molecule has 0 fully saturated rings. The van der Waals surface area contributed by atoms with Gasteiger partial charge in [0.15, 0.2) is 5.13 Å². The molecule has 0 unspecified atom stereocenters. The van der Waals surface area contributed by atoms with Crippen molar-refractivity contribution in [3.8, 4) is 0 Å². The van der Waals surface area contributed by atoms with Gasteiger partial charge in [-0.05, 0) is 43.2 Å². The van der Waals surface area contributed by atoms with Crippen LogP contribution in [0.15, 0.2) is 55.0 Å². The molecule has 3 aromatic heterocycles. The fourth-order valence-electron chi connectivity index (χ4n) is 3.00. The zero-order valence-electron chi connectivity index (χ0n) is 15.2. The van der Waals surface area contributed by atoms with Crippen molar-refractivity contribution in [3.05, 3.63) is 71.8 Å². The highest BCUT2D eigenvalue weighted by atomic mass is 32.1. The molecule has 0 radical (unpaired) electrons. The number of hydrogen-bond donors (Lipinski definition) is 0. The number of pyridine rings is 1. The molecule has 0 atom stereocenters. The summed E-state index contributed by atoms with van der Waals surface area (Å²) in [5.41, 5.74) is 3.54. The third-order valence-corrected chi connectivity index (χ3v) is 5.43. The van der Waals surface area contributed by atoms with Gasteiger partial charge in [-0.2, -0.15) is 5.10 Å². The quantitative estimate of drug-likeness (QED) is 0.526. The number of carbonyl (C=O) groups excluding carboxylic acids is 1. The Labute approximate surface area is 161 Å². The molecule has 0 aliphatic carbocycles. The first-order valence-electron chi connectivity index (χ1n) is 8.76. The number of carbonyl (C=O) groups is 1. The second kappa shape index (κ2) is 7.28. The molecule has 0 saturated heterocycles. The van der Waals surface area contributed by atoms with E-state index in [4.69, 9.17) is 4.98 Å². The van der Waals surface area contributed by atoms with E-state index in [0.29, 0.717) is 23.9 Å². The molecular weight excluding hydrogens is 358 g/mol. The SMILES string of the molecule is CCn1nccc1C(=O)N(Cc1cccnc1)c1nc2c(C)cccc2s1. The zero-order chi connectivity index (χ0) is 18.8. The lowest BCUT2D eigenvalue weighted by Crippen LogP contribution is -2.32. The Kier molecular flexibility index (Phi) is 4.68. The molecule has 1 aromatic carbocycles. The number of fused-ring (bicyclic) bond motifs is 1. The van der Waals surface area contributed by atoms with Crippen molar-refractivity contribution in [2.24, 2.45) is 0 Å². The number of amides is 1. The van der Waals surface area contributed by atoms with Gasteiger partial charge in [0.05, 0.1) is 16.8 Å². The van der Waals surface area contributed by atoms with Crippen LogP contribution in [0.4, 0.5) is 5.13 Å². The highest BCUT2D eigenvalue weighted by molar-refractivity contribution is 7.22. The van der Waals surface area contributed by atoms with Crippen LogP contribution >= 0.6 is 11.3 Å². The van der Waals surface area contributed by atoms with Crippen LogP contribution in [0.25, 0.3) is 10.2 Å². The monoisotopic (exact) mass is 377 g/mol. The summed E-state index contributed by atoms with van der Waals surface area (Å²) >= 11 is 1.52. The molecule has 7 heteroatoms. The second-order valence-corrected chi connectivity index (χ2v) is 7.21. The largest absolute Gasteiger partial charge is 0.278 e. The maximum absolute atomic E-state index is 13.4. The third kappa shape index (κ3) is 3.33. The van der Waals surface area contributed by atoms with Crippen LogP contribution < -0.4 is 4.90 Å². The molecule has 0 bridgehead atoms. The topological polar surface area (TPSA) is 63.9 Å². The Morgan fingerprint density at radius 1 is 1.19 bits per heavy atom. The highest BCUT2D eigenvalue weighted by Crippen LogP contribution is 2.32. The van der Waals surface area contributed by atoms with E-state index in [-0.39, 0.29) is 5.91 Å². The van der Waals surface area contributed by atoms with Crippen LogP contribution in [0.5, 0.6) is 0 Å². The summed E-state index contributed by atoms with van der Waals surface area (Å²) in [5, 5.41) is 4.91. The number of thiazole rings is 1. The van der Waals surface area contributed by atoms with Gasteiger partial charge in [0.25, 0.3) is 5.91 Å². The predicted octanol–water partition coefficient (Wildman–Crippen LogP) is 4.06. The van der Waals surface area contributed by atoms with Crippen molar-refractivity contribution in [1.82, 2.24) is 19.7 Å². The van der Waals surface area contributed by atoms with E-state index in [1.807, 2.05) is 44.2 Å². The van der Waals surface area contributed by atoms with E-state index in [1.165, 1.54) is 11.3 Å². The molecule has 0 spiro atoms. The zero-order valence-corrected chi connectivity index (χ0v) is 16.0. The van der Waals surface area contributed by atoms with Crippen molar-refractivity contribution in [3.63, 3.8) is 0 Å². The first-order chi connectivity index (χ1) is 13.2. The van der Waals surface area contributed by atoms with Crippen molar-refractivity contribution in [1.29, 1.82) is 0 Å². The maximum Gasteiger partial charge on any atom is 0.278 e. The van der Waals surface area contributed by atoms with Gasteiger partial charge in [-0.1, -0.05) is 29.5 Å². The van der Waals surface area contributed by atoms with Crippen LogP contribution in [0.2, 0.25) is 0 Å². The summed E-state index contributed by atoms with van der Waals surface area (Å²) in [6, 6.07) is 11.7. The van der Waals surface area contributed by atoms with Crippen LogP contribution in [0.1, 0.15) is 28.5 Å². The number of aryl methyl sites for hydroxylation is 2. The summed E-state index contributed by atoms with van der Waals surface area (Å²) in [4.78, 5) is 24.0.